The molecule has 1 aromatic heterocycles. The van der Waals surface area contributed by atoms with E-state index in [4.69, 9.17) is 11.6 Å². The highest BCUT2D eigenvalue weighted by molar-refractivity contribution is 7.17. The summed E-state index contributed by atoms with van der Waals surface area (Å²) in [4.78, 5) is 11.6. The third-order valence-corrected chi connectivity index (χ3v) is 2.58. The molecule has 16 heavy (non-hydrogen) atoms. The van der Waals surface area contributed by atoms with Gasteiger partial charge in [0.1, 0.15) is 5.69 Å². The zero-order valence-corrected chi connectivity index (χ0v) is 8.51. The molecule has 0 unspecified atom stereocenters. The summed E-state index contributed by atoms with van der Waals surface area (Å²) >= 11 is 5.06. The number of nitrogens with zero attached hydrogens (tertiary/aromatic N) is 1. The van der Waals surface area contributed by atoms with Gasteiger partial charge in [0, 0.05) is 0 Å². The number of carbonyl (C=O) groups excluding carboxylic acids is 1. The summed E-state index contributed by atoms with van der Waals surface area (Å²) in [5, 5.41) is 10.3. The van der Waals surface area contributed by atoms with E-state index >= 15 is 0 Å². The zero-order chi connectivity index (χ0) is 12.7. The first-order chi connectivity index (χ1) is 7.07. The Labute approximate surface area is 93.5 Å². The van der Waals surface area contributed by atoms with E-state index in [2.05, 4.69) is 4.98 Å². The summed E-state index contributed by atoms with van der Waals surface area (Å²) in [5.74, 6) is -7.57. The number of hydrogen-bond donors (Lipinski definition) is 0. The van der Waals surface area contributed by atoms with Crippen molar-refractivity contribution in [1.29, 1.82) is 0 Å². The van der Waals surface area contributed by atoms with Crippen molar-refractivity contribution < 1.29 is 31.9 Å². The van der Waals surface area contributed by atoms with E-state index in [1.807, 2.05) is 0 Å². The van der Waals surface area contributed by atoms with E-state index in [1.165, 1.54) is 0 Å². The molecule has 0 spiro atoms. The Morgan fingerprint density at radius 1 is 1.31 bits per heavy atom. The van der Waals surface area contributed by atoms with Crippen LogP contribution in [0.25, 0.3) is 0 Å². The van der Waals surface area contributed by atoms with Gasteiger partial charge < -0.3 is 9.90 Å². The van der Waals surface area contributed by atoms with Crippen LogP contribution in [0.2, 0.25) is 4.47 Å². The highest BCUT2D eigenvalue weighted by Crippen LogP contribution is 2.46. The van der Waals surface area contributed by atoms with Crippen LogP contribution < -0.4 is 5.11 Å². The van der Waals surface area contributed by atoms with E-state index in [-0.39, 0.29) is 11.3 Å². The minimum Gasteiger partial charge on any atom is -0.544 e. The average Bonchev–Trinajstić information content (AvgIpc) is 2.45. The number of aromatic carboxylic acids is 1. The van der Waals surface area contributed by atoms with Crippen LogP contribution in [0.15, 0.2) is 0 Å². The fourth-order valence-corrected chi connectivity index (χ4v) is 1.75. The maximum absolute atomic E-state index is 12.8. The first-order valence-corrected chi connectivity index (χ1v) is 4.59. The highest BCUT2D eigenvalue weighted by atomic mass is 35.5. The lowest BCUT2D eigenvalue weighted by atomic mass is 10.2. The Morgan fingerprint density at radius 3 is 2.19 bits per heavy atom. The van der Waals surface area contributed by atoms with Crippen molar-refractivity contribution in [2.24, 2.45) is 0 Å². The number of halogens is 6. The van der Waals surface area contributed by atoms with Crippen molar-refractivity contribution in [3.8, 4) is 0 Å². The normalized spacial score (nSPS) is 12.9. The second-order valence-electron chi connectivity index (χ2n) is 2.50. The van der Waals surface area contributed by atoms with Crippen LogP contribution in [0.5, 0.6) is 0 Å². The lowest BCUT2D eigenvalue weighted by molar-refractivity contribution is -0.291. The Kier molecular flexibility index (Phi) is 3.12. The van der Waals surface area contributed by atoms with E-state index in [0.29, 0.717) is 0 Å². The van der Waals surface area contributed by atoms with Crippen LogP contribution >= 0.6 is 22.9 Å². The summed E-state index contributed by atoms with van der Waals surface area (Å²) in [6, 6.07) is 0. The molecule has 90 valence electrons. The molecule has 0 atom stereocenters. The number of aromatic nitrogens is 1. The van der Waals surface area contributed by atoms with Gasteiger partial charge in [0.05, 0.1) is 10.8 Å². The summed E-state index contributed by atoms with van der Waals surface area (Å²) in [5.41, 5.74) is -1.95. The van der Waals surface area contributed by atoms with Gasteiger partial charge in [-0.05, 0) is 0 Å². The topological polar surface area (TPSA) is 53.0 Å². The van der Waals surface area contributed by atoms with Crippen molar-refractivity contribution in [2.45, 2.75) is 12.1 Å². The van der Waals surface area contributed by atoms with Crippen LogP contribution in [0, 0.1) is 0 Å². The molecule has 0 saturated carbocycles. The molecule has 1 rings (SSSR count). The Bertz CT molecular complexity index is 429. The van der Waals surface area contributed by atoms with E-state index in [1.54, 1.807) is 0 Å². The van der Waals surface area contributed by atoms with Crippen LogP contribution in [0.3, 0.4) is 0 Å². The van der Waals surface area contributed by atoms with Crippen LogP contribution in [-0.4, -0.2) is 17.1 Å². The largest absolute Gasteiger partial charge is 0.544 e. The summed E-state index contributed by atoms with van der Waals surface area (Å²) in [6.45, 7) is 0. The summed E-state index contributed by atoms with van der Waals surface area (Å²) < 4.78 is 60.6. The van der Waals surface area contributed by atoms with Gasteiger partial charge in [-0.15, -0.1) is 11.3 Å². The van der Waals surface area contributed by atoms with Crippen molar-refractivity contribution in [3.63, 3.8) is 0 Å². The summed E-state index contributed by atoms with van der Waals surface area (Å²) in [7, 11) is 0. The minimum atomic E-state index is -5.95. The molecule has 1 aromatic rings. The van der Waals surface area contributed by atoms with Crippen LogP contribution in [0.4, 0.5) is 22.0 Å². The maximum atomic E-state index is 12.8. The molecule has 0 aromatic carbocycles. The van der Waals surface area contributed by atoms with Crippen molar-refractivity contribution in [2.75, 3.05) is 0 Å². The average molecular weight is 281 g/mol. The minimum absolute atomic E-state index is 0.0223. The second kappa shape index (κ2) is 3.81. The smallest absolute Gasteiger partial charge is 0.459 e. The van der Waals surface area contributed by atoms with Gasteiger partial charge in [-0.3, -0.25) is 0 Å². The number of carboxylic acid groups (broad SMARTS) is 1. The van der Waals surface area contributed by atoms with Gasteiger partial charge in [-0.2, -0.15) is 22.0 Å². The molecule has 0 aliphatic heterocycles. The SMILES string of the molecule is O=C([O-])c1sc(Cl)nc1C(F)(F)C(F)(F)F. The standard InChI is InChI=1S/C6HClF5NO2S/c7-4-13-2(1(16-4)3(14)15)5(8,9)6(10,11)12/h(H,14,15)/p-1. The fraction of sp³-hybridized carbons (Fsp3) is 0.333. The zero-order valence-electron chi connectivity index (χ0n) is 6.94. The molecular formula is C6ClF5NO2S-. The van der Waals surface area contributed by atoms with E-state index in [9.17, 15) is 31.9 Å². The van der Waals surface area contributed by atoms with Gasteiger partial charge in [0.25, 0.3) is 0 Å². The molecular weight excluding hydrogens is 281 g/mol. The third-order valence-electron chi connectivity index (χ3n) is 1.44. The number of hydrogen-bond acceptors (Lipinski definition) is 4. The van der Waals surface area contributed by atoms with Gasteiger partial charge in [0.2, 0.25) is 0 Å². The molecule has 0 fully saturated rings. The maximum Gasteiger partial charge on any atom is 0.459 e. The molecule has 0 aliphatic rings. The molecule has 0 saturated heterocycles. The summed E-state index contributed by atoms with van der Waals surface area (Å²) in [6.07, 6.45) is -5.95. The lowest BCUT2D eigenvalue weighted by Crippen LogP contribution is -2.36. The Hall–Kier alpha value is -0.960. The van der Waals surface area contributed by atoms with Crippen molar-refractivity contribution in [1.82, 2.24) is 4.98 Å². The molecule has 0 amide bonds. The lowest BCUT2D eigenvalue weighted by Gasteiger charge is -2.18. The van der Waals surface area contributed by atoms with Crippen LogP contribution in [0.1, 0.15) is 15.4 Å². The molecule has 0 bridgehead atoms. The first-order valence-electron chi connectivity index (χ1n) is 3.40. The molecule has 0 N–H and O–H groups in total. The third kappa shape index (κ3) is 2.09. The van der Waals surface area contributed by atoms with Crippen molar-refractivity contribution >= 4 is 28.9 Å². The quantitative estimate of drug-likeness (QED) is 0.777. The number of carboxylic acids is 1. The fourth-order valence-electron chi connectivity index (χ4n) is 0.779. The van der Waals surface area contributed by atoms with Crippen molar-refractivity contribution in [3.05, 3.63) is 15.0 Å². The van der Waals surface area contributed by atoms with Crippen LogP contribution in [-0.2, 0) is 5.92 Å². The predicted molar refractivity (Wildman–Crippen MR) is 41.4 cm³/mol. The van der Waals surface area contributed by atoms with Gasteiger partial charge in [-0.1, -0.05) is 11.6 Å². The molecule has 0 radical (unpaired) electrons. The van der Waals surface area contributed by atoms with Gasteiger partial charge in [-0.25, -0.2) is 4.98 Å². The van der Waals surface area contributed by atoms with Gasteiger partial charge in [0.15, 0.2) is 4.47 Å². The Morgan fingerprint density at radius 2 is 1.81 bits per heavy atom. The molecule has 10 heteroatoms. The monoisotopic (exact) mass is 280 g/mol. The molecule has 1 heterocycles. The number of rotatable bonds is 2. The number of thiazole rings is 1. The van der Waals surface area contributed by atoms with E-state index < -0.39 is 33.1 Å². The second-order valence-corrected chi connectivity index (χ2v) is 4.09. The molecule has 0 aliphatic carbocycles. The van der Waals surface area contributed by atoms with Gasteiger partial charge >= 0.3 is 12.1 Å². The number of alkyl halides is 5. The highest BCUT2D eigenvalue weighted by Gasteiger charge is 2.61. The first kappa shape index (κ1) is 13.1. The molecule has 3 nitrogen and oxygen atoms in total. The number of carbonyl (C=O) groups is 1. The van der Waals surface area contributed by atoms with E-state index in [0.717, 1.165) is 0 Å². The predicted octanol–water partition coefficient (Wildman–Crippen LogP) is 1.81. The Balaban J connectivity index is 3.38.